The number of hydrogen-bond donors (Lipinski definition) is 0. The van der Waals surface area contributed by atoms with Gasteiger partial charge in [0.25, 0.3) is 0 Å². The second-order valence-electron chi connectivity index (χ2n) is 26.1. The van der Waals surface area contributed by atoms with E-state index in [2.05, 4.69) is 352 Å². The molecule has 0 N–H and O–H groups in total. The summed E-state index contributed by atoms with van der Waals surface area (Å²) < 4.78 is 13.4. The van der Waals surface area contributed by atoms with Crippen LogP contribution in [0.25, 0.3) is 209 Å². The lowest BCUT2D eigenvalue weighted by Crippen LogP contribution is -1.94. The summed E-state index contributed by atoms with van der Waals surface area (Å²) in [5, 5.41) is 18.6. The van der Waals surface area contributed by atoms with Crippen LogP contribution in [0.3, 0.4) is 0 Å². The van der Waals surface area contributed by atoms with Crippen LogP contribution in [0.4, 0.5) is 0 Å². The first-order valence-corrected chi connectivity index (χ1v) is 33.8. The number of para-hydroxylation sites is 2. The molecule has 0 fully saturated rings. The zero-order valence-electron chi connectivity index (χ0n) is 53.3. The summed E-state index contributed by atoms with van der Waals surface area (Å²) in [6, 6.07) is 130. The second kappa shape index (κ2) is 22.4. The number of rotatable bonds is 9. The number of furan rings is 2. The molecule has 18 aromatic carbocycles. The zero-order valence-corrected chi connectivity index (χ0v) is 53.3. The van der Waals surface area contributed by atoms with Crippen LogP contribution in [0.5, 0.6) is 0 Å². The Labute approximate surface area is 565 Å². The lowest BCUT2D eigenvalue weighted by Gasteiger charge is -2.21. The molecular formula is C96H58O2. The molecule has 0 aliphatic heterocycles. The topological polar surface area (TPSA) is 26.3 Å². The van der Waals surface area contributed by atoms with Crippen LogP contribution >= 0.6 is 0 Å². The molecule has 0 spiro atoms. The maximum Gasteiger partial charge on any atom is 0.136 e. The molecule has 0 bridgehead atoms. The molecule has 2 aromatic heterocycles. The van der Waals surface area contributed by atoms with Crippen molar-refractivity contribution in [1.29, 1.82) is 0 Å². The van der Waals surface area contributed by atoms with E-state index in [0.717, 1.165) is 88.0 Å². The Morgan fingerprint density at radius 3 is 1.02 bits per heavy atom. The Kier molecular flexibility index (Phi) is 12.7. The second-order valence-corrected chi connectivity index (χ2v) is 26.1. The summed E-state index contributed by atoms with van der Waals surface area (Å²) in [4.78, 5) is 0. The summed E-state index contributed by atoms with van der Waals surface area (Å²) in [5.41, 5.74) is 24.5. The molecule has 454 valence electrons. The summed E-state index contributed by atoms with van der Waals surface area (Å²) in [7, 11) is 0. The lowest BCUT2D eigenvalue weighted by molar-refractivity contribution is 0.668. The van der Waals surface area contributed by atoms with Crippen molar-refractivity contribution in [2.75, 3.05) is 0 Å². The first kappa shape index (κ1) is 55.6. The highest BCUT2D eigenvalue weighted by Crippen LogP contribution is 2.52. The molecule has 2 nitrogen and oxygen atoms in total. The Bertz CT molecular complexity index is 6660. The SMILES string of the molecule is c1ccc(-c2cccc(-c3cc(-c4c5ccccc5c(-c5ccc6c(c5)oc5ccccc56)c5cc(-c6ccc7c(-c8ccc(-c9cccc(-c%10ccccc%10)c9)c9ccccc89)c8ccccc8c(-c8ccc9c(c8)oc8ccccc89)c7c6)ccc45)c4ccccc4c3)c2)cc1. The molecule has 2 heteroatoms. The normalized spacial score (nSPS) is 11.9. The number of hydrogen-bond acceptors (Lipinski definition) is 2. The summed E-state index contributed by atoms with van der Waals surface area (Å²) >= 11 is 0. The molecule has 0 saturated carbocycles. The third kappa shape index (κ3) is 8.96. The van der Waals surface area contributed by atoms with Crippen LogP contribution in [0, 0.1) is 0 Å². The largest absolute Gasteiger partial charge is 0.456 e. The minimum absolute atomic E-state index is 0.864. The maximum absolute atomic E-state index is 6.73. The fraction of sp³-hybridized carbons (Fsp3) is 0. The van der Waals surface area contributed by atoms with Crippen LogP contribution in [0.15, 0.2) is 361 Å². The zero-order chi connectivity index (χ0) is 64.4. The van der Waals surface area contributed by atoms with Gasteiger partial charge in [-0.3, -0.25) is 0 Å². The molecule has 2 heterocycles. The fourth-order valence-corrected chi connectivity index (χ4v) is 16.1. The van der Waals surface area contributed by atoms with E-state index in [4.69, 9.17) is 8.83 Å². The molecule has 0 atom stereocenters. The van der Waals surface area contributed by atoms with Gasteiger partial charge in [0.05, 0.1) is 0 Å². The molecule has 20 rings (SSSR count). The van der Waals surface area contributed by atoms with Crippen molar-refractivity contribution >= 4 is 109 Å². The van der Waals surface area contributed by atoms with Crippen molar-refractivity contribution in [3.05, 3.63) is 352 Å². The van der Waals surface area contributed by atoms with Gasteiger partial charge >= 0.3 is 0 Å². The molecule has 0 saturated heterocycles. The highest BCUT2D eigenvalue weighted by molar-refractivity contribution is 6.27. The van der Waals surface area contributed by atoms with Gasteiger partial charge in [0, 0.05) is 21.5 Å². The Morgan fingerprint density at radius 1 is 0.133 bits per heavy atom. The number of fused-ring (bicyclic) bond motifs is 12. The Morgan fingerprint density at radius 2 is 0.480 bits per heavy atom. The molecule has 98 heavy (non-hydrogen) atoms. The Hall–Kier alpha value is -12.9. The average molecular weight is 1240 g/mol. The van der Waals surface area contributed by atoms with Crippen LogP contribution in [0.2, 0.25) is 0 Å². The van der Waals surface area contributed by atoms with Crippen LogP contribution in [-0.4, -0.2) is 0 Å². The van der Waals surface area contributed by atoms with Gasteiger partial charge in [0.15, 0.2) is 0 Å². The molecule has 0 aliphatic carbocycles. The third-order valence-electron chi connectivity index (χ3n) is 20.6. The van der Waals surface area contributed by atoms with Gasteiger partial charge in [-0.1, -0.05) is 279 Å². The van der Waals surface area contributed by atoms with Crippen LogP contribution in [-0.2, 0) is 0 Å². The van der Waals surface area contributed by atoms with Gasteiger partial charge in [0.1, 0.15) is 22.3 Å². The van der Waals surface area contributed by atoms with Gasteiger partial charge in [-0.05, 0) is 238 Å². The van der Waals surface area contributed by atoms with Gasteiger partial charge in [-0.15, -0.1) is 0 Å². The molecule has 20 aromatic rings. The van der Waals surface area contributed by atoms with Crippen molar-refractivity contribution in [2.45, 2.75) is 0 Å². The van der Waals surface area contributed by atoms with Crippen molar-refractivity contribution in [3.8, 4) is 100 Å². The summed E-state index contributed by atoms with van der Waals surface area (Å²) in [5.74, 6) is 0. The summed E-state index contributed by atoms with van der Waals surface area (Å²) in [6.07, 6.45) is 0. The van der Waals surface area contributed by atoms with Crippen LogP contribution < -0.4 is 0 Å². The number of benzene rings is 18. The van der Waals surface area contributed by atoms with Gasteiger partial charge in [0.2, 0.25) is 0 Å². The fourth-order valence-electron chi connectivity index (χ4n) is 16.1. The van der Waals surface area contributed by atoms with Crippen molar-refractivity contribution in [2.24, 2.45) is 0 Å². The van der Waals surface area contributed by atoms with E-state index in [1.165, 1.54) is 121 Å². The smallest absolute Gasteiger partial charge is 0.136 e. The molecule has 0 radical (unpaired) electrons. The first-order valence-electron chi connectivity index (χ1n) is 33.8. The van der Waals surface area contributed by atoms with E-state index in [0.29, 0.717) is 0 Å². The maximum atomic E-state index is 6.73. The summed E-state index contributed by atoms with van der Waals surface area (Å²) in [6.45, 7) is 0. The highest BCUT2D eigenvalue weighted by atomic mass is 16.3. The van der Waals surface area contributed by atoms with E-state index in [1.54, 1.807) is 0 Å². The van der Waals surface area contributed by atoms with Gasteiger partial charge < -0.3 is 8.83 Å². The van der Waals surface area contributed by atoms with Crippen LogP contribution in [0.1, 0.15) is 0 Å². The first-order chi connectivity index (χ1) is 48.6. The average Bonchev–Trinajstić information content (AvgIpc) is 0.743. The van der Waals surface area contributed by atoms with Crippen molar-refractivity contribution in [3.63, 3.8) is 0 Å². The van der Waals surface area contributed by atoms with E-state index in [1.807, 2.05) is 0 Å². The molecule has 0 aliphatic rings. The molecule has 0 unspecified atom stereocenters. The predicted molar refractivity (Wildman–Crippen MR) is 415 cm³/mol. The van der Waals surface area contributed by atoms with E-state index in [9.17, 15) is 0 Å². The van der Waals surface area contributed by atoms with Crippen molar-refractivity contribution < 1.29 is 8.83 Å². The third-order valence-corrected chi connectivity index (χ3v) is 20.6. The highest BCUT2D eigenvalue weighted by Gasteiger charge is 2.25. The molecule has 0 amide bonds. The standard InChI is InChI=1S/C96H58O2/c1-3-21-59(22-4-1)61-26-19-28-63(51-61)70-53-66-25-7-8-30-71(66)86(56-70)96-82-38-14-12-36-80(82)94(69-44-46-78-76-34-16-18-40-90(76)98-92(78)58-69)88-55-65(42-48-85(88)96)64-41-47-84-87(54-64)93(68-43-45-77-75-33-15-17-39-89(75)97-91(77)57-68)79-35-11-13-37-81(79)95(84)83-50-49-72(73-31-9-10-32-74(73)83)67-29-20-27-62(52-67)60-23-5-2-6-24-60/h1-58H. The van der Waals surface area contributed by atoms with Crippen molar-refractivity contribution in [1.82, 2.24) is 0 Å². The van der Waals surface area contributed by atoms with Gasteiger partial charge in [-0.2, -0.15) is 0 Å². The van der Waals surface area contributed by atoms with E-state index in [-0.39, 0.29) is 0 Å². The molecular weight excluding hydrogens is 1190 g/mol. The van der Waals surface area contributed by atoms with E-state index >= 15 is 0 Å². The minimum atomic E-state index is 0.864. The predicted octanol–water partition coefficient (Wildman–Crippen LogP) is 27.4. The Balaban J connectivity index is 0.846. The monoisotopic (exact) mass is 1240 g/mol. The lowest BCUT2D eigenvalue weighted by atomic mass is 9.81. The minimum Gasteiger partial charge on any atom is -0.456 e. The quantitative estimate of drug-likeness (QED) is 0.135. The van der Waals surface area contributed by atoms with Gasteiger partial charge in [-0.25, -0.2) is 0 Å². The van der Waals surface area contributed by atoms with E-state index < -0.39 is 0 Å².